The molecule has 0 saturated carbocycles. The van der Waals surface area contributed by atoms with Crippen LogP contribution >= 0.6 is 0 Å². The molecule has 0 aromatic heterocycles. The van der Waals surface area contributed by atoms with Crippen LogP contribution in [0, 0.1) is 5.92 Å². The normalized spacial score (nSPS) is 16.4. The van der Waals surface area contributed by atoms with Gasteiger partial charge >= 0.3 is 0 Å². The van der Waals surface area contributed by atoms with E-state index in [9.17, 15) is 0 Å². The number of hydrogen-bond donors (Lipinski definition) is 1. The molecule has 1 N–H and O–H groups in total. The van der Waals surface area contributed by atoms with Crippen molar-refractivity contribution in [3.05, 3.63) is 11.6 Å². The van der Waals surface area contributed by atoms with E-state index in [0.717, 1.165) is 0 Å². The molecule has 1 atom stereocenters. The zero-order chi connectivity index (χ0) is 7.44. The van der Waals surface area contributed by atoms with Crippen molar-refractivity contribution in [1.82, 2.24) is 0 Å². The summed E-state index contributed by atoms with van der Waals surface area (Å²) >= 11 is 0. The molecular weight excluding hydrogens is 112 g/mol. The summed E-state index contributed by atoms with van der Waals surface area (Å²) in [5.41, 5.74) is 1.25. The average molecular weight is 128 g/mol. The molecule has 54 valence electrons. The molecule has 0 aromatic rings. The van der Waals surface area contributed by atoms with Gasteiger partial charge in [-0.05, 0) is 19.8 Å². The minimum Gasteiger partial charge on any atom is -0.389 e. The van der Waals surface area contributed by atoms with Gasteiger partial charge in [0.05, 0.1) is 6.10 Å². The molecule has 0 fully saturated rings. The Bertz CT molecular complexity index is 101. The molecule has 0 radical (unpaired) electrons. The molecule has 0 rings (SSSR count). The SMILES string of the molecule is CC(=CC(C)O)C(C)C. The van der Waals surface area contributed by atoms with Crippen LogP contribution in [0.25, 0.3) is 0 Å². The van der Waals surface area contributed by atoms with Gasteiger partial charge in [0.15, 0.2) is 0 Å². The first-order valence-electron chi connectivity index (χ1n) is 3.40. The summed E-state index contributed by atoms with van der Waals surface area (Å²) in [6.45, 7) is 8.05. The van der Waals surface area contributed by atoms with Crippen molar-refractivity contribution in [2.45, 2.75) is 33.8 Å². The fraction of sp³-hybridized carbons (Fsp3) is 0.750. The van der Waals surface area contributed by atoms with Crippen LogP contribution in [-0.2, 0) is 0 Å². The van der Waals surface area contributed by atoms with Gasteiger partial charge < -0.3 is 5.11 Å². The first kappa shape index (κ1) is 8.70. The highest BCUT2D eigenvalue weighted by Crippen LogP contribution is 2.08. The van der Waals surface area contributed by atoms with Crippen LogP contribution in [0.2, 0.25) is 0 Å². The summed E-state index contributed by atoms with van der Waals surface area (Å²) in [4.78, 5) is 0. The molecule has 0 amide bonds. The van der Waals surface area contributed by atoms with Gasteiger partial charge in [0.25, 0.3) is 0 Å². The molecule has 1 unspecified atom stereocenters. The summed E-state index contributed by atoms with van der Waals surface area (Å²) in [6, 6.07) is 0. The topological polar surface area (TPSA) is 20.2 Å². The number of rotatable bonds is 2. The van der Waals surface area contributed by atoms with Gasteiger partial charge in [0.2, 0.25) is 0 Å². The smallest absolute Gasteiger partial charge is 0.0695 e. The predicted molar refractivity (Wildman–Crippen MR) is 40.3 cm³/mol. The van der Waals surface area contributed by atoms with E-state index in [0.29, 0.717) is 5.92 Å². The average Bonchev–Trinajstić information content (AvgIpc) is 1.63. The molecule has 0 saturated heterocycles. The van der Waals surface area contributed by atoms with Crippen molar-refractivity contribution in [3.8, 4) is 0 Å². The van der Waals surface area contributed by atoms with Gasteiger partial charge in [-0.1, -0.05) is 25.5 Å². The summed E-state index contributed by atoms with van der Waals surface area (Å²) in [7, 11) is 0. The second-order valence-corrected chi connectivity index (χ2v) is 2.81. The van der Waals surface area contributed by atoms with Gasteiger partial charge in [0, 0.05) is 0 Å². The largest absolute Gasteiger partial charge is 0.389 e. The fourth-order valence-electron chi connectivity index (χ4n) is 0.573. The Kier molecular flexibility index (Phi) is 3.55. The molecule has 0 heterocycles. The van der Waals surface area contributed by atoms with E-state index in [4.69, 9.17) is 5.11 Å². The molecule has 0 aliphatic heterocycles. The van der Waals surface area contributed by atoms with Crippen LogP contribution in [0.1, 0.15) is 27.7 Å². The van der Waals surface area contributed by atoms with Crippen LogP contribution in [0.5, 0.6) is 0 Å². The van der Waals surface area contributed by atoms with Gasteiger partial charge in [-0.3, -0.25) is 0 Å². The van der Waals surface area contributed by atoms with Crippen LogP contribution in [0.4, 0.5) is 0 Å². The third-order valence-electron chi connectivity index (χ3n) is 1.41. The third-order valence-corrected chi connectivity index (χ3v) is 1.41. The molecule has 0 spiro atoms. The Labute approximate surface area is 57.4 Å². The Morgan fingerprint density at radius 1 is 1.33 bits per heavy atom. The van der Waals surface area contributed by atoms with E-state index < -0.39 is 0 Å². The molecule has 0 aromatic carbocycles. The quantitative estimate of drug-likeness (QED) is 0.564. The van der Waals surface area contributed by atoms with Crippen molar-refractivity contribution in [1.29, 1.82) is 0 Å². The lowest BCUT2D eigenvalue weighted by atomic mass is 10.0. The Morgan fingerprint density at radius 2 is 1.78 bits per heavy atom. The van der Waals surface area contributed by atoms with E-state index >= 15 is 0 Å². The minimum atomic E-state index is -0.299. The van der Waals surface area contributed by atoms with Gasteiger partial charge in [0.1, 0.15) is 0 Å². The number of aliphatic hydroxyl groups excluding tert-OH is 1. The molecule has 0 bridgehead atoms. The maximum absolute atomic E-state index is 8.90. The van der Waals surface area contributed by atoms with E-state index in [1.807, 2.05) is 13.0 Å². The van der Waals surface area contributed by atoms with Crippen LogP contribution in [-0.4, -0.2) is 11.2 Å². The zero-order valence-electron chi connectivity index (χ0n) is 6.68. The van der Waals surface area contributed by atoms with E-state index in [1.165, 1.54) is 5.57 Å². The van der Waals surface area contributed by atoms with E-state index in [-0.39, 0.29) is 6.10 Å². The van der Waals surface area contributed by atoms with Crippen molar-refractivity contribution >= 4 is 0 Å². The van der Waals surface area contributed by atoms with Crippen molar-refractivity contribution in [2.24, 2.45) is 5.92 Å². The zero-order valence-corrected chi connectivity index (χ0v) is 6.68. The summed E-state index contributed by atoms with van der Waals surface area (Å²) in [6.07, 6.45) is 1.58. The highest BCUT2D eigenvalue weighted by molar-refractivity contribution is 5.02. The van der Waals surface area contributed by atoms with Gasteiger partial charge in [-0.15, -0.1) is 0 Å². The van der Waals surface area contributed by atoms with Crippen LogP contribution < -0.4 is 0 Å². The Hall–Kier alpha value is -0.300. The van der Waals surface area contributed by atoms with Crippen LogP contribution in [0.3, 0.4) is 0 Å². The maximum Gasteiger partial charge on any atom is 0.0695 e. The first-order valence-corrected chi connectivity index (χ1v) is 3.40. The Morgan fingerprint density at radius 3 is 1.89 bits per heavy atom. The lowest BCUT2D eigenvalue weighted by molar-refractivity contribution is 0.242. The first-order chi connectivity index (χ1) is 4.04. The highest BCUT2D eigenvalue weighted by Gasteiger charge is 1.96. The van der Waals surface area contributed by atoms with Crippen molar-refractivity contribution < 1.29 is 5.11 Å². The third kappa shape index (κ3) is 4.22. The van der Waals surface area contributed by atoms with Crippen LogP contribution in [0.15, 0.2) is 11.6 Å². The molecule has 0 aliphatic carbocycles. The minimum absolute atomic E-state index is 0.299. The molecular formula is C8H16O. The monoisotopic (exact) mass is 128 g/mol. The number of aliphatic hydroxyl groups is 1. The molecule has 0 aliphatic rings. The Balaban J connectivity index is 3.84. The number of allylic oxidation sites excluding steroid dienone is 1. The van der Waals surface area contributed by atoms with Gasteiger partial charge in [-0.25, -0.2) is 0 Å². The maximum atomic E-state index is 8.90. The van der Waals surface area contributed by atoms with Crippen molar-refractivity contribution in [2.75, 3.05) is 0 Å². The fourth-order valence-corrected chi connectivity index (χ4v) is 0.573. The summed E-state index contributed by atoms with van der Waals surface area (Å²) < 4.78 is 0. The summed E-state index contributed by atoms with van der Waals surface area (Å²) in [5, 5.41) is 8.90. The number of hydrogen-bond acceptors (Lipinski definition) is 1. The molecule has 1 heteroatoms. The highest BCUT2D eigenvalue weighted by atomic mass is 16.3. The van der Waals surface area contributed by atoms with Gasteiger partial charge in [-0.2, -0.15) is 0 Å². The van der Waals surface area contributed by atoms with E-state index in [1.54, 1.807) is 6.92 Å². The second kappa shape index (κ2) is 3.67. The molecule has 1 nitrogen and oxygen atoms in total. The predicted octanol–water partition coefficient (Wildman–Crippen LogP) is 1.97. The lowest BCUT2D eigenvalue weighted by Crippen LogP contribution is -1.98. The molecule has 9 heavy (non-hydrogen) atoms. The summed E-state index contributed by atoms with van der Waals surface area (Å²) in [5.74, 6) is 0.555. The van der Waals surface area contributed by atoms with E-state index in [2.05, 4.69) is 13.8 Å². The second-order valence-electron chi connectivity index (χ2n) is 2.81. The standard InChI is InChI=1S/C8H16O/c1-6(2)7(3)5-8(4)9/h5-6,8-9H,1-4H3. The lowest BCUT2D eigenvalue weighted by Gasteiger charge is -2.05. The van der Waals surface area contributed by atoms with Crippen molar-refractivity contribution in [3.63, 3.8) is 0 Å².